The van der Waals surface area contributed by atoms with Crippen LogP contribution in [-0.2, 0) is 14.9 Å². The summed E-state index contributed by atoms with van der Waals surface area (Å²) in [6, 6.07) is 10.1. The van der Waals surface area contributed by atoms with Crippen molar-refractivity contribution in [3.8, 4) is 0 Å². The molecule has 2 rings (SSSR count). The number of benzene rings is 1. The largest absolute Gasteiger partial charge is 0.465 e. The fourth-order valence-corrected chi connectivity index (χ4v) is 2.82. The predicted molar refractivity (Wildman–Crippen MR) is 80.7 cm³/mol. The Morgan fingerprint density at radius 2 is 1.90 bits per heavy atom. The monoisotopic (exact) mass is 275 g/mol. The van der Waals surface area contributed by atoms with Crippen molar-refractivity contribution in [3.63, 3.8) is 0 Å². The van der Waals surface area contributed by atoms with Crippen molar-refractivity contribution in [2.45, 2.75) is 38.0 Å². The average Bonchev–Trinajstić information content (AvgIpc) is 2.49. The Kier molecular flexibility index (Phi) is 5.18. The third-order valence-corrected chi connectivity index (χ3v) is 4.29. The highest BCUT2D eigenvalue weighted by Crippen LogP contribution is 2.36. The molecule has 1 saturated heterocycles. The molecule has 0 aromatic heterocycles. The third kappa shape index (κ3) is 3.21. The Morgan fingerprint density at radius 3 is 2.50 bits per heavy atom. The third-order valence-electron chi connectivity index (χ3n) is 4.29. The standard InChI is InChI=1S/C17H25NO2/c1-3-4-14-20-16(19)17(10-12-18(2)13-11-17)15-8-6-5-7-9-15/h5-9H,3-4,10-14H2,1-2H3. The van der Waals surface area contributed by atoms with E-state index in [1.54, 1.807) is 0 Å². The van der Waals surface area contributed by atoms with Crippen LogP contribution in [0.4, 0.5) is 0 Å². The number of ether oxygens (including phenoxy) is 1. The highest BCUT2D eigenvalue weighted by molar-refractivity contribution is 5.83. The van der Waals surface area contributed by atoms with Crippen LogP contribution in [-0.4, -0.2) is 37.6 Å². The van der Waals surface area contributed by atoms with Gasteiger partial charge in [0.25, 0.3) is 0 Å². The quantitative estimate of drug-likeness (QED) is 0.611. The van der Waals surface area contributed by atoms with E-state index in [0.717, 1.165) is 44.3 Å². The highest BCUT2D eigenvalue weighted by atomic mass is 16.5. The van der Waals surface area contributed by atoms with Gasteiger partial charge in [0.05, 0.1) is 12.0 Å². The van der Waals surface area contributed by atoms with E-state index in [1.807, 2.05) is 18.2 Å². The number of rotatable bonds is 5. The molecule has 0 unspecified atom stereocenters. The first kappa shape index (κ1) is 15.0. The molecule has 0 atom stereocenters. The average molecular weight is 275 g/mol. The van der Waals surface area contributed by atoms with Crippen molar-refractivity contribution in [3.05, 3.63) is 35.9 Å². The van der Waals surface area contributed by atoms with Gasteiger partial charge in [0.1, 0.15) is 0 Å². The number of piperidine rings is 1. The van der Waals surface area contributed by atoms with E-state index in [4.69, 9.17) is 4.74 Å². The Morgan fingerprint density at radius 1 is 1.25 bits per heavy atom. The van der Waals surface area contributed by atoms with Crippen LogP contribution >= 0.6 is 0 Å². The number of unbranched alkanes of at least 4 members (excludes halogenated alkanes) is 1. The van der Waals surface area contributed by atoms with Crippen molar-refractivity contribution >= 4 is 5.97 Å². The predicted octanol–water partition coefficient (Wildman–Crippen LogP) is 2.99. The van der Waals surface area contributed by atoms with Crippen molar-refractivity contribution in [1.82, 2.24) is 4.90 Å². The van der Waals surface area contributed by atoms with Gasteiger partial charge in [-0.2, -0.15) is 0 Å². The van der Waals surface area contributed by atoms with Gasteiger partial charge in [0.2, 0.25) is 0 Å². The van der Waals surface area contributed by atoms with E-state index >= 15 is 0 Å². The van der Waals surface area contributed by atoms with Crippen LogP contribution in [0.3, 0.4) is 0 Å². The highest BCUT2D eigenvalue weighted by Gasteiger charge is 2.43. The number of hydrogen-bond donors (Lipinski definition) is 0. The second-order valence-corrected chi connectivity index (χ2v) is 5.74. The summed E-state index contributed by atoms with van der Waals surface area (Å²) in [5, 5.41) is 0. The molecule has 0 bridgehead atoms. The Balaban J connectivity index is 2.18. The molecular weight excluding hydrogens is 250 g/mol. The molecule has 0 spiro atoms. The Bertz CT molecular complexity index is 422. The minimum absolute atomic E-state index is 0.0368. The lowest BCUT2D eigenvalue weighted by atomic mass is 9.73. The molecule has 1 aromatic carbocycles. The maximum atomic E-state index is 12.7. The lowest BCUT2D eigenvalue weighted by molar-refractivity contribution is -0.152. The van der Waals surface area contributed by atoms with E-state index in [-0.39, 0.29) is 5.97 Å². The lowest BCUT2D eigenvalue weighted by Gasteiger charge is -2.39. The molecule has 0 N–H and O–H groups in total. The van der Waals surface area contributed by atoms with E-state index in [9.17, 15) is 4.79 Å². The van der Waals surface area contributed by atoms with Gasteiger partial charge in [-0.25, -0.2) is 0 Å². The molecule has 1 fully saturated rings. The summed E-state index contributed by atoms with van der Waals surface area (Å²) in [6.07, 6.45) is 3.68. The van der Waals surface area contributed by atoms with Crippen molar-refractivity contribution in [2.24, 2.45) is 0 Å². The van der Waals surface area contributed by atoms with Crippen LogP contribution in [0, 0.1) is 0 Å². The first-order valence-corrected chi connectivity index (χ1v) is 7.60. The summed E-state index contributed by atoms with van der Waals surface area (Å²) < 4.78 is 5.56. The molecule has 1 aromatic rings. The maximum Gasteiger partial charge on any atom is 0.316 e. The molecule has 3 heteroatoms. The van der Waals surface area contributed by atoms with Crippen LogP contribution in [0.2, 0.25) is 0 Å². The number of carbonyl (C=O) groups excluding carboxylic acids is 1. The van der Waals surface area contributed by atoms with Gasteiger partial charge in [0, 0.05) is 0 Å². The van der Waals surface area contributed by atoms with Gasteiger partial charge < -0.3 is 9.64 Å². The van der Waals surface area contributed by atoms with Crippen LogP contribution in [0.15, 0.2) is 30.3 Å². The minimum atomic E-state index is -0.443. The van der Waals surface area contributed by atoms with Gasteiger partial charge >= 0.3 is 5.97 Å². The van der Waals surface area contributed by atoms with E-state index in [2.05, 4.69) is 31.0 Å². The fraction of sp³-hybridized carbons (Fsp3) is 0.588. The maximum absolute atomic E-state index is 12.7. The number of carbonyl (C=O) groups is 1. The molecule has 1 heterocycles. The van der Waals surface area contributed by atoms with Crippen LogP contribution in [0.5, 0.6) is 0 Å². The molecule has 0 saturated carbocycles. The zero-order valence-electron chi connectivity index (χ0n) is 12.6. The second kappa shape index (κ2) is 6.89. The van der Waals surface area contributed by atoms with Gasteiger partial charge in [-0.3, -0.25) is 4.79 Å². The van der Waals surface area contributed by atoms with Crippen LogP contribution in [0.25, 0.3) is 0 Å². The van der Waals surface area contributed by atoms with E-state index in [1.165, 1.54) is 0 Å². The molecule has 0 aliphatic carbocycles. The summed E-state index contributed by atoms with van der Waals surface area (Å²) in [5.41, 5.74) is 0.663. The first-order chi connectivity index (χ1) is 9.69. The molecular formula is C17H25NO2. The fourth-order valence-electron chi connectivity index (χ4n) is 2.82. The van der Waals surface area contributed by atoms with Crippen LogP contribution < -0.4 is 0 Å². The molecule has 20 heavy (non-hydrogen) atoms. The van der Waals surface area contributed by atoms with Crippen molar-refractivity contribution in [1.29, 1.82) is 0 Å². The molecule has 1 aliphatic heterocycles. The van der Waals surface area contributed by atoms with E-state index in [0.29, 0.717) is 6.61 Å². The topological polar surface area (TPSA) is 29.5 Å². The zero-order valence-corrected chi connectivity index (χ0v) is 12.6. The first-order valence-electron chi connectivity index (χ1n) is 7.60. The molecule has 0 radical (unpaired) electrons. The lowest BCUT2D eigenvalue weighted by Crippen LogP contribution is -2.47. The zero-order chi connectivity index (χ0) is 14.4. The number of likely N-dealkylation sites (tertiary alicyclic amines) is 1. The summed E-state index contributed by atoms with van der Waals surface area (Å²) in [4.78, 5) is 14.9. The van der Waals surface area contributed by atoms with Gasteiger partial charge in [-0.15, -0.1) is 0 Å². The molecule has 1 aliphatic rings. The van der Waals surface area contributed by atoms with Crippen molar-refractivity contribution in [2.75, 3.05) is 26.7 Å². The summed E-state index contributed by atoms with van der Waals surface area (Å²) in [6.45, 7) is 4.53. The second-order valence-electron chi connectivity index (χ2n) is 5.74. The SMILES string of the molecule is CCCCOC(=O)C1(c2ccccc2)CCN(C)CC1. The van der Waals surface area contributed by atoms with Crippen LogP contribution in [0.1, 0.15) is 38.2 Å². The number of hydrogen-bond acceptors (Lipinski definition) is 3. The molecule has 0 amide bonds. The van der Waals surface area contributed by atoms with Gasteiger partial charge in [-0.1, -0.05) is 43.7 Å². The summed E-state index contributed by atoms with van der Waals surface area (Å²) in [7, 11) is 2.11. The Labute approximate surface area is 121 Å². The van der Waals surface area contributed by atoms with E-state index < -0.39 is 5.41 Å². The minimum Gasteiger partial charge on any atom is -0.465 e. The molecule has 110 valence electrons. The van der Waals surface area contributed by atoms with Crippen molar-refractivity contribution < 1.29 is 9.53 Å². The summed E-state index contributed by atoms with van der Waals surface area (Å²) in [5.74, 6) is -0.0368. The van der Waals surface area contributed by atoms with Gasteiger partial charge in [0.15, 0.2) is 0 Å². The summed E-state index contributed by atoms with van der Waals surface area (Å²) >= 11 is 0. The normalized spacial score (nSPS) is 18.7. The van der Waals surface area contributed by atoms with Gasteiger partial charge in [-0.05, 0) is 45.0 Å². The number of esters is 1. The number of nitrogens with zero attached hydrogens (tertiary/aromatic N) is 1. The smallest absolute Gasteiger partial charge is 0.316 e. The molecule has 3 nitrogen and oxygen atoms in total. The Hall–Kier alpha value is -1.35.